The summed E-state index contributed by atoms with van der Waals surface area (Å²) in [6.07, 6.45) is 19.2. The standard InChI is InChI=1S/C52H85N3O18P2/c1-3-5-7-8-9-10-11-12-13-14-15-16-17-18-19-20-26-30-48(60)71-40-36-68-47(59)29-25-22-21-24-28-42-44(58)35-43(57)41(32-31-39(56)27-23-6-4-2)49(61)50(62)45(38-70-75(66,67)73-74(64,65)69-37-40)72-51(42)55-34-33-46(53)54-52(55)63/h9-10,12-13,21,24,31-34,39-43,45,49-51,56-57,61-62H,3-8,11,14-20,22-23,25-30,35-38H2,1-2H3,(H,64,65)(H,66,67)(H2,53,54,63)/b10-9-,13-12-,24-21-,32-31+/t39-,40+,41-,42-,43+,45+,49-,50+,51+/m0/s1. The number of nitrogen functional groups attached to an aromatic ring is 1. The second-order valence-electron chi connectivity index (χ2n) is 19.2. The average Bonchev–Trinajstić information content (AvgIpc) is 3.35. The number of allylic oxidation sites excluding steroid dienone is 6. The molecular weight excluding hydrogens is 1020 g/mol. The number of Topliss-reactive ketones (excluding diaryl/α,β-unsaturated/α-hetero) is 1. The maximum Gasteiger partial charge on any atom is 0.481 e. The molecule has 426 valence electrons. The molecule has 23 heteroatoms. The fourth-order valence-electron chi connectivity index (χ4n) is 8.45. The van der Waals surface area contributed by atoms with Gasteiger partial charge in [0.05, 0.1) is 37.4 Å². The van der Waals surface area contributed by atoms with Crippen LogP contribution >= 0.6 is 15.6 Å². The number of rotatable bonds is 24. The number of carbonyl (C=O) groups excluding carboxylic acids is 3. The van der Waals surface area contributed by atoms with Gasteiger partial charge in [-0.1, -0.05) is 127 Å². The summed E-state index contributed by atoms with van der Waals surface area (Å²) in [7, 11) is -11.3. The van der Waals surface area contributed by atoms with Crippen LogP contribution in [0.25, 0.3) is 0 Å². The highest BCUT2D eigenvalue weighted by molar-refractivity contribution is 7.61. The van der Waals surface area contributed by atoms with Crippen LogP contribution in [0.2, 0.25) is 0 Å². The fraction of sp³-hybridized carbons (Fsp3) is 0.712. The molecule has 1 fully saturated rings. The molecule has 0 saturated carbocycles. The van der Waals surface area contributed by atoms with Crippen molar-refractivity contribution in [2.75, 3.05) is 25.6 Å². The maximum atomic E-state index is 14.3. The Balaban J connectivity index is 1.76. The van der Waals surface area contributed by atoms with Gasteiger partial charge in [0.2, 0.25) is 0 Å². The van der Waals surface area contributed by atoms with Crippen molar-refractivity contribution in [3.63, 3.8) is 0 Å². The Hall–Kier alpha value is -3.69. The number of ketones is 1. The summed E-state index contributed by atoms with van der Waals surface area (Å²) in [6.45, 7) is 1.40. The van der Waals surface area contributed by atoms with Crippen LogP contribution in [0.15, 0.2) is 65.7 Å². The van der Waals surface area contributed by atoms with E-state index in [1.165, 1.54) is 37.5 Å². The number of aliphatic hydroxyl groups is 4. The van der Waals surface area contributed by atoms with Crippen LogP contribution in [0, 0.1) is 11.8 Å². The number of nitrogens with zero attached hydrogens (tertiary/aromatic N) is 2. The van der Waals surface area contributed by atoms with Crippen molar-refractivity contribution in [2.45, 2.75) is 204 Å². The van der Waals surface area contributed by atoms with Crippen LogP contribution in [0.1, 0.15) is 168 Å². The zero-order valence-corrected chi connectivity index (χ0v) is 45.6. The number of anilines is 1. The van der Waals surface area contributed by atoms with Gasteiger partial charge < -0.3 is 50.2 Å². The minimum atomic E-state index is -5.73. The summed E-state index contributed by atoms with van der Waals surface area (Å²) < 4.78 is 58.9. The lowest BCUT2D eigenvalue weighted by atomic mass is 9.83. The summed E-state index contributed by atoms with van der Waals surface area (Å²) in [6, 6.07) is 1.21. The number of carbonyl (C=O) groups is 3. The summed E-state index contributed by atoms with van der Waals surface area (Å²) in [5.74, 6) is -5.17. The smallest absolute Gasteiger partial charge is 0.462 e. The molecule has 0 aromatic carbocycles. The monoisotopic (exact) mass is 1100 g/mol. The van der Waals surface area contributed by atoms with Crippen molar-refractivity contribution >= 4 is 39.2 Å². The predicted octanol–water partition coefficient (Wildman–Crippen LogP) is 7.92. The molecule has 75 heavy (non-hydrogen) atoms. The third-order valence-electron chi connectivity index (χ3n) is 12.7. The molecule has 21 nitrogen and oxygen atoms in total. The first-order valence-electron chi connectivity index (χ1n) is 26.8. The number of nitrogens with two attached hydrogens (primary N) is 1. The Labute approximate surface area is 441 Å². The van der Waals surface area contributed by atoms with Gasteiger partial charge in [0.15, 0.2) is 6.10 Å². The number of unbranched alkanes of at least 4 members (excludes halogenated alkanes) is 12. The van der Waals surface area contributed by atoms with Crippen molar-refractivity contribution in [1.82, 2.24) is 9.55 Å². The first-order valence-corrected chi connectivity index (χ1v) is 29.7. The molecule has 0 radical (unpaired) electrons. The van der Waals surface area contributed by atoms with E-state index < -0.39 is 120 Å². The summed E-state index contributed by atoms with van der Waals surface area (Å²) in [5.41, 5.74) is 4.72. The topological polar surface area (TPSA) is 323 Å². The van der Waals surface area contributed by atoms with E-state index in [1.54, 1.807) is 12.2 Å². The van der Waals surface area contributed by atoms with Crippen molar-refractivity contribution in [3.8, 4) is 0 Å². The summed E-state index contributed by atoms with van der Waals surface area (Å²) >= 11 is 0. The van der Waals surface area contributed by atoms with Gasteiger partial charge >= 0.3 is 33.3 Å². The zero-order valence-electron chi connectivity index (χ0n) is 43.8. The van der Waals surface area contributed by atoms with Crippen molar-refractivity contribution in [2.24, 2.45) is 11.8 Å². The number of cyclic esters (lactones) is 1. The van der Waals surface area contributed by atoms with E-state index in [1.807, 2.05) is 6.92 Å². The fourth-order valence-corrected chi connectivity index (χ4v) is 10.6. The quantitative estimate of drug-likeness (QED) is 0.0224. The van der Waals surface area contributed by atoms with Gasteiger partial charge in [0, 0.05) is 31.4 Å². The molecule has 8 N–H and O–H groups in total. The van der Waals surface area contributed by atoms with Crippen molar-refractivity contribution < 1.29 is 81.3 Å². The molecule has 11 atom stereocenters. The van der Waals surface area contributed by atoms with E-state index >= 15 is 0 Å². The van der Waals surface area contributed by atoms with Crippen LogP contribution in [0.4, 0.5) is 5.82 Å². The molecule has 1 aromatic heterocycles. The van der Waals surface area contributed by atoms with E-state index in [-0.39, 0.29) is 37.9 Å². The van der Waals surface area contributed by atoms with E-state index in [9.17, 15) is 58.5 Å². The van der Waals surface area contributed by atoms with E-state index in [0.717, 1.165) is 81.4 Å². The first kappa shape index (κ1) is 65.6. The molecule has 2 aliphatic heterocycles. The minimum Gasteiger partial charge on any atom is -0.462 e. The molecule has 3 heterocycles. The predicted molar refractivity (Wildman–Crippen MR) is 280 cm³/mol. The SMILES string of the molecule is CCCCC/C=C\C/C=C\CCCCCCCCCC(=O)O[C@@H]1COC(=O)CCC/C=C\C[C@H]2C(=O)C[C@@H](O)[C@H](/C=C/[C@@H](O)CCCCC)[C@H](O)[C@H](O)[C@@H](COP(=O)(O)OP(=O)(O)OC1)O[C@H]2n1ccc(N)nc1=O. The van der Waals surface area contributed by atoms with Gasteiger partial charge in [-0.25, -0.2) is 13.9 Å². The summed E-state index contributed by atoms with van der Waals surface area (Å²) in [4.78, 5) is 78.5. The third kappa shape index (κ3) is 27.0. The van der Waals surface area contributed by atoms with Crippen molar-refractivity contribution in [1.29, 1.82) is 0 Å². The number of ether oxygens (including phenoxy) is 3. The van der Waals surface area contributed by atoms with Crippen LogP contribution in [-0.4, -0.2) is 114 Å². The lowest BCUT2D eigenvalue weighted by molar-refractivity contribution is -0.183. The van der Waals surface area contributed by atoms with Gasteiger partial charge in [-0.2, -0.15) is 9.29 Å². The molecule has 3 rings (SSSR count). The average molecular weight is 1100 g/mol. The number of phosphoric acid groups is 2. The Morgan fingerprint density at radius 3 is 2.17 bits per heavy atom. The highest BCUT2D eigenvalue weighted by atomic mass is 31.3. The Kier molecular flexibility index (Phi) is 31.8. The number of fused-ring (bicyclic) bond motifs is 3. The van der Waals surface area contributed by atoms with Crippen LogP contribution in [-0.2, 0) is 51.1 Å². The third-order valence-corrected chi connectivity index (χ3v) is 15.3. The summed E-state index contributed by atoms with van der Waals surface area (Å²) in [5, 5.41) is 45.5. The normalized spacial score (nSPS) is 29.3. The first-order chi connectivity index (χ1) is 35.9. The second-order valence-corrected chi connectivity index (χ2v) is 22.2. The van der Waals surface area contributed by atoms with Gasteiger partial charge in [0.1, 0.15) is 36.6 Å². The van der Waals surface area contributed by atoms with Crippen LogP contribution in [0.5, 0.6) is 0 Å². The van der Waals surface area contributed by atoms with Crippen molar-refractivity contribution in [3.05, 3.63) is 71.4 Å². The number of hydrogen-bond acceptors (Lipinski definition) is 18. The largest absolute Gasteiger partial charge is 0.481 e. The van der Waals surface area contributed by atoms with Crippen LogP contribution < -0.4 is 11.4 Å². The van der Waals surface area contributed by atoms with Crippen LogP contribution in [0.3, 0.4) is 0 Å². The number of aromatic nitrogens is 2. The lowest BCUT2D eigenvalue weighted by Gasteiger charge is -2.38. The van der Waals surface area contributed by atoms with Gasteiger partial charge in [-0.15, -0.1) is 0 Å². The minimum absolute atomic E-state index is 0.0147. The molecule has 2 aliphatic rings. The van der Waals surface area contributed by atoms with E-state index in [0.29, 0.717) is 19.3 Å². The maximum absolute atomic E-state index is 14.3. The number of esters is 2. The zero-order chi connectivity index (χ0) is 55.1. The highest BCUT2D eigenvalue weighted by Crippen LogP contribution is 2.60. The second kappa shape index (κ2) is 36.4. The van der Waals surface area contributed by atoms with Gasteiger partial charge in [0.25, 0.3) is 0 Å². The molecule has 2 bridgehead atoms. The molecule has 1 aromatic rings. The number of aliphatic hydroxyl groups excluding tert-OH is 4. The van der Waals surface area contributed by atoms with E-state index in [4.69, 9.17) is 29.0 Å². The molecule has 0 spiro atoms. The molecular formula is C52H85N3O18P2. The Bertz CT molecular complexity index is 2120. The Morgan fingerprint density at radius 2 is 1.49 bits per heavy atom. The van der Waals surface area contributed by atoms with Gasteiger partial charge in [-0.05, 0) is 70.3 Å². The number of phosphoric ester groups is 2. The molecule has 2 unspecified atom stereocenters. The van der Waals surface area contributed by atoms with Gasteiger partial charge in [-0.3, -0.25) is 28.0 Å². The lowest BCUT2D eigenvalue weighted by Crippen LogP contribution is -2.51. The molecule has 0 amide bonds. The molecule has 1 saturated heterocycles. The number of hydrogen-bond donors (Lipinski definition) is 7. The molecule has 0 aliphatic carbocycles. The van der Waals surface area contributed by atoms with E-state index in [2.05, 4.69) is 40.5 Å². The Morgan fingerprint density at radius 1 is 0.853 bits per heavy atom. The highest BCUT2D eigenvalue weighted by Gasteiger charge is 2.45.